The van der Waals surface area contributed by atoms with Crippen LogP contribution in [0.5, 0.6) is 0 Å². The van der Waals surface area contributed by atoms with E-state index in [9.17, 15) is 0 Å². The summed E-state index contributed by atoms with van der Waals surface area (Å²) >= 11 is 6.55. The maximum atomic E-state index is 6.55. The van der Waals surface area contributed by atoms with Crippen LogP contribution in [0.3, 0.4) is 0 Å². The first-order valence-electron chi connectivity index (χ1n) is 8.48. The van der Waals surface area contributed by atoms with Crippen molar-refractivity contribution >= 4 is 11.6 Å². The fourth-order valence-electron chi connectivity index (χ4n) is 2.87. The molecule has 1 atom stereocenters. The summed E-state index contributed by atoms with van der Waals surface area (Å²) in [4.78, 5) is 0. The Balaban J connectivity index is 2.83. The molecular formula is C17H32ClN3. The Morgan fingerprint density at radius 1 is 1.24 bits per heavy atom. The van der Waals surface area contributed by atoms with Crippen LogP contribution in [0.25, 0.3) is 0 Å². The number of nitrogens with one attached hydrogen (secondary N) is 1. The molecule has 1 heterocycles. The number of halogens is 1. The average Bonchev–Trinajstić information content (AvgIpc) is 2.74. The first kappa shape index (κ1) is 18.5. The van der Waals surface area contributed by atoms with Crippen molar-refractivity contribution in [2.45, 2.75) is 66.8 Å². The molecule has 1 unspecified atom stereocenters. The smallest absolute Gasteiger partial charge is 0.0849 e. The number of hydrogen-bond donors (Lipinski definition) is 1. The maximum absolute atomic E-state index is 6.55. The van der Waals surface area contributed by atoms with E-state index < -0.39 is 0 Å². The van der Waals surface area contributed by atoms with Gasteiger partial charge in [-0.05, 0) is 57.5 Å². The monoisotopic (exact) mass is 313 g/mol. The molecule has 1 aromatic heterocycles. The van der Waals surface area contributed by atoms with Crippen LogP contribution in [0.2, 0.25) is 5.02 Å². The number of aryl methyl sites for hydroxylation is 2. The number of rotatable bonds is 10. The zero-order valence-corrected chi connectivity index (χ0v) is 15.1. The van der Waals surface area contributed by atoms with Gasteiger partial charge in [0, 0.05) is 6.54 Å². The lowest BCUT2D eigenvalue weighted by Gasteiger charge is -2.20. The molecule has 21 heavy (non-hydrogen) atoms. The molecule has 0 aromatic carbocycles. The quantitative estimate of drug-likeness (QED) is 0.652. The van der Waals surface area contributed by atoms with E-state index >= 15 is 0 Å². The number of nitrogens with zero attached hydrogens (tertiary/aromatic N) is 2. The molecule has 122 valence electrons. The molecule has 1 rings (SSSR count). The van der Waals surface area contributed by atoms with Crippen molar-refractivity contribution in [3.8, 4) is 0 Å². The van der Waals surface area contributed by atoms with Gasteiger partial charge in [-0.3, -0.25) is 4.68 Å². The van der Waals surface area contributed by atoms with Gasteiger partial charge in [-0.15, -0.1) is 0 Å². The first-order valence-corrected chi connectivity index (χ1v) is 8.85. The van der Waals surface area contributed by atoms with Crippen LogP contribution in [0.15, 0.2) is 0 Å². The van der Waals surface area contributed by atoms with E-state index in [-0.39, 0.29) is 0 Å². The summed E-state index contributed by atoms with van der Waals surface area (Å²) in [5.41, 5.74) is 2.26. The van der Waals surface area contributed by atoms with Gasteiger partial charge in [0.1, 0.15) is 0 Å². The fourth-order valence-corrected chi connectivity index (χ4v) is 3.22. The highest BCUT2D eigenvalue weighted by Gasteiger charge is 2.19. The number of aromatic nitrogens is 2. The Hall–Kier alpha value is -0.540. The van der Waals surface area contributed by atoms with E-state index in [2.05, 4.69) is 49.7 Å². The highest BCUT2D eigenvalue weighted by Crippen LogP contribution is 2.26. The second kappa shape index (κ2) is 9.47. The highest BCUT2D eigenvalue weighted by molar-refractivity contribution is 6.31. The van der Waals surface area contributed by atoms with E-state index in [1.54, 1.807) is 0 Å². The van der Waals surface area contributed by atoms with Crippen molar-refractivity contribution in [1.29, 1.82) is 0 Å². The average molecular weight is 314 g/mol. The highest BCUT2D eigenvalue weighted by atomic mass is 35.5. The molecule has 4 heteroatoms. The van der Waals surface area contributed by atoms with Crippen LogP contribution in [0.1, 0.15) is 58.8 Å². The van der Waals surface area contributed by atoms with E-state index in [0.29, 0.717) is 11.8 Å². The predicted octanol–water partition coefficient (Wildman–Crippen LogP) is 4.32. The molecule has 0 spiro atoms. The van der Waals surface area contributed by atoms with Crippen LogP contribution < -0.4 is 5.32 Å². The van der Waals surface area contributed by atoms with Crippen LogP contribution in [0.4, 0.5) is 0 Å². The molecule has 1 N–H and O–H groups in total. The van der Waals surface area contributed by atoms with Crippen LogP contribution in [-0.2, 0) is 19.4 Å². The minimum Gasteiger partial charge on any atom is -0.316 e. The third kappa shape index (κ3) is 5.63. The lowest BCUT2D eigenvalue weighted by Crippen LogP contribution is -2.27. The topological polar surface area (TPSA) is 29.9 Å². The van der Waals surface area contributed by atoms with Gasteiger partial charge in [0.15, 0.2) is 0 Å². The minimum atomic E-state index is 0.626. The van der Waals surface area contributed by atoms with Crippen LogP contribution >= 0.6 is 11.6 Å². The normalized spacial score (nSPS) is 13.1. The van der Waals surface area contributed by atoms with Gasteiger partial charge in [-0.2, -0.15) is 5.10 Å². The third-order valence-corrected chi connectivity index (χ3v) is 4.28. The zero-order valence-electron chi connectivity index (χ0n) is 14.4. The van der Waals surface area contributed by atoms with Crippen molar-refractivity contribution in [3.63, 3.8) is 0 Å². The first-order chi connectivity index (χ1) is 10.0. The van der Waals surface area contributed by atoms with Crippen LogP contribution in [-0.4, -0.2) is 22.9 Å². The number of hydrogen-bond acceptors (Lipinski definition) is 2. The summed E-state index contributed by atoms with van der Waals surface area (Å²) in [6.07, 6.45) is 4.34. The lowest BCUT2D eigenvalue weighted by atomic mass is 9.92. The molecule has 0 amide bonds. The van der Waals surface area contributed by atoms with Gasteiger partial charge in [0.25, 0.3) is 0 Å². The fraction of sp³-hybridized carbons (Fsp3) is 0.824. The molecular weight excluding hydrogens is 282 g/mol. The Labute approximate surface area is 135 Å². The molecule has 0 fully saturated rings. The molecule has 0 saturated carbocycles. The summed E-state index contributed by atoms with van der Waals surface area (Å²) in [6.45, 7) is 14.1. The van der Waals surface area contributed by atoms with Gasteiger partial charge in [-0.1, -0.05) is 39.3 Å². The summed E-state index contributed by atoms with van der Waals surface area (Å²) in [7, 11) is 0. The van der Waals surface area contributed by atoms with E-state index in [0.717, 1.165) is 43.2 Å². The Kier molecular flexibility index (Phi) is 8.35. The second-order valence-corrected chi connectivity index (χ2v) is 6.66. The maximum Gasteiger partial charge on any atom is 0.0849 e. The Morgan fingerprint density at radius 2 is 1.95 bits per heavy atom. The third-order valence-electron chi connectivity index (χ3n) is 3.84. The zero-order chi connectivity index (χ0) is 15.8. The van der Waals surface area contributed by atoms with E-state index in [1.807, 2.05) is 0 Å². The van der Waals surface area contributed by atoms with E-state index in [1.165, 1.54) is 18.5 Å². The SMILES string of the molecule is CCCNCC(Cc1c(Cl)c(CC)nn1CC)CC(C)C. The van der Waals surface area contributed by atoms with Crippen molar-refractivity contribution in [3.05, 3.63) is 16.4 Å². The van der Waals surface area contributed by atoms with E-state index in [4.69, 9.17) is 11.6 Å². The van der Waals surface area contributed by atoms with Gasteiger partial charge < -0.3 is 5.32 Å². The van der Waals surface area contributed by atoms with Gasteiger partial charge >= 0.3 is 0 Å². The van der Waals surface area contributed by atoms with Crippen molar-refractivity contribution < 1.29 is 0 Å². The van der Waals surface area contributed by atoms with Crippen molar-refractivity contribution in [2.24, 2.45) is 11.8 Å². The summed E-state index contributed by atoms with van der Waals surface area (Å²) in [6, 6.07) is 0. The molecule has 3 nitrogen and oxygen atoms in total. The molecule has 0 aliphatic heterocycles. The standard InChI is InChI=1S/C17H32ClN3/c1-6-9-19-12-14(10-13(4)5)11-16-17(18)15(7-2)20-21(16)8-3/h13-14,19H,6-12H2,1-5H3. The predicted molar refractivity (Wildman–Crippen MR) is 92.1 cm³/mol. The molecule has 0 aliphatic rings. The largest absolute Gasteiger partial charge is 0.316 e. The van der Waals surface area contributed by atoms with Crippen molar-refractivity contribution in [1.82, 2.24) is 15.1 Å². The summed E-state index contributed by atoms with van der Waals surface area (Å²) in [5.74, 6) is 1.33. The van der Waals surface area contributed by atoms with Gasteiger partial charge in [-0.25, -0.2) is 0 Å². The molecule has 1 aromatic rings. The van der Waals surface area contributed by atoms with Crippen molar-refractivity contribution in [2.75, 3.05) is 13.1 Å². The van der Waals surface area contributed by atoms with Gasteiger partial charge in [0.05, 0.1) is 16.4 Å². The second-order valence-electron chi connectivity index (χ2n) is 6.28. The van der Waals surface area contributed by atoms with Crippen LogP contribution in [0, 0.1) is 11.8 Å². The molecule has 0 bridgehead atoms. The lowest BCUT2D eigenvalue weighted by molar-refractivity contribution is 0.376. The minimum absolute atomic E-state index is 0.626. The molecule has 0 radical (unpaired) electrons. The molecule has 0 saturated heterocycles. The Morgan fingerprint density at radius 3 is 2.48 bits per heavy atom. The van der Waals surface area contributed by atoms with Gasteiger partial charge in [0.2, 0.25) is 0 Å². The molecule has 0 aliphatic carbocycles. The Bertz CT molecular complexity index is 412. The summed E-state index contributed by atoms with van der Waals surface area (Å²) < 4.78 is 2.09. The summed E-state index contributed by atoms with van der Waals surface area (Å²) in [5, 5.41) is 9.10.